The molecule has 4 aliphatic rings. The summed E-state index contributed by atoms with van der Waals surface area (Å²) in [4.78, 5) is 26.5. The van der Waals surface area contributed by atoms with E-state index in [2.05, 4.69) is 34.0 Å². The van der Waals surface area contributed by atoms with E-state index in [4.69, 9.17) is 11.0 Å². The Bertz CT molecular complexity index is 1230. The van der Waals surface area contributed by atoms with Gasteiger partial charge in [-0.1, -0.05) is 31.2 Å². The Hall–Kier alpha value is -2.54. The van der Waals surface area contributed by atoms with Gasteiger partial charge in [0, 0.05) is 17.8 Å². The van der Waals surface area contributed by atoms with Crippen LogP contribution in [0.5, 0.6) is 0 Å². The molecule has 0 saturated heterocycles. The van der Waals surface area contributed by atoms with Crippen LogP contribution in [0.4, 0.5) is 0 Å². The summed E-state index contributed by atoms with van der Waals surface area (Å²) >= 11 is 1.25. The Morgan fingerprint density at radius 1 is 1.34 bits per heavy atom. The number of nitrogens with zero attached hydrogens (tertiary/aromatic N) is 4. The van der Waals surface area contributed by atoms with Crippen molar-refractivity contribution in [2.24, 2.45) is 39.3 Å². The van der Waals surface area contributed by atoms with Crippen molar-refractivity contribution in [3.05, 3.63) is 41.9 Å². The Labute approximate surface area is 228 Å². The largest absolute Gasteiger partial charge is 0.404 e. The number of nitrogens with two attached hydrogens (primary N) is 1. The summed E-state index contributed by atoms with van der Waals surface area (Å²) in [7, 11) is 0. The van der Waals surface area contributed by atoms with Gasteiger partial charge in [-0.05, 0) is 85.6 Å². The number of aliphatic hydroxyl groups excluding tert-OH is 1. The van der Waals surface area contributed by atoms with Crippen LogP contribution in [0.1, 0.15) is 58.8 Å². The van der Waals surface area contributed by atoms with Crippen LogP contribution < -0.4 is 5.73 Å². The molecule has 5 unspecified atom stereocenters. The third-order valence-corrected chi connectivity index (χ3v) is 10.9. The van der Waals surface area contributed by atoms with E-state index in [1.54, 1.807) is 24.7 Å². The summed E-state index contributed by atoms with van der Waals surface area (Å²) in [5, 5.41) is 33.1. The van der Waals surface area contributed by atoms with Crippen molar-refractivity contribution in [2.45, 2.75) is 75.7 Å². The lowest BCUT2D eigenvalue weighted by molar-refractivity contribution is -0.177. The first-order chi connectivity index (χ1) is 18.2. The fraction of sp³-hybridized carbons (Fsp3) is 0.621. The van der Waals surface area contributed by atoms with Crippen molar-refractivity contribution in [1.82, 2.24) is 9.97 Å². The molecule has 202 valence electrons. The van der Waals surface area contributed by atoms with E-state index >= 15 is 0 Å². The summed E-state index contributed by atoms with van der Waals surface area (Å²) < 4.78 is 0. The highest BCUT2D eigenvalue weighted by Gasteiger charge is 2.68. The van der Waals surface area contributed by atoms with Crippen LogP contribution in [-0.2, 0) is 4.79 Å². The molecule has 0 radical (unpaired) electrons. The van der Waals surface area contributed by atoms with Crippen molar-refractivity contribution >= 4 is 23.3 Å². The van der Waals surface area contributed by atoms with E-state index in [-0.39, 0.29) is 34.7 Å². The van der Waals surface area contributed by atoms with E-state index in [0.29, 0.717) is 37.4 Å². The molecule has 1 heterocycles. The minimum absolute atomic E-state index is 0.0146. The lowest BCUT2D eigenvalue weighted by atomic mass is 9.45. The number of aliphatic hydroxyl groups is 2. The minimum Gasteiger partial charge on any atom is -0.404 e. The highest BCUT2D eigenvalue weighted by atomic mass is 32.2. The third kappa shape index (κ3) is 4.21. The predicted octanol–water partition coefficient (Wildman–Crippen LogP) is 3.61. The zero-order valence-corrected chi connectivity index (χ0v) is 23.0. The van der Waals surface area contributed by atoms with Crippen LogP contribution in [-0.4, -0.2) is 55.7 Å². The third-order valence-electron chi connectivity index (χ3n) is 10.1. The van der Waals surface area contributed by atoms with Crippen molar-refractivity contribution < 1.29 is 15.0 Å². The van der Waals surface area contributed by atoms with Gasteiger partial charge in [-0.3, -0.25) is 9.79 Å². The van der Waals surface area contributed by atoms with Crippen molar-refractivity contribution in [3.8, 4) is 6.07 Å². The summed E-state index contributed by atoms with van der Waals surface area (Å²) in [6.07, 6.45) is 10.8. The molecule has 1 aromatic rings. The second-order valence-electron chi connectivity index (χ2n) is 11.8. The molecule has 5 rings (SSSR count). The van der Waals surface area contributed by atoms with Crippen LogP contribution in [0.25, 0.3) is 0 Å². The Morgan fingerprint density at radius 3 is 2.82 bits per heavy atom. The lowest BCUT2D eigenvalue weighted by Crippen LogP contribution is -2.62. The number of nitriles is 1. The summed E-state index contributed by atoms with van der Waals surface area (Å²) in [6.45, 7) is 4.70. The van der Waals surface area contributed by atoms with Gasteiger partial charge in [0.15, 0.2) is 10.9 Å². The Morgan fingerprint density at radius 2 is 2.11 bits per heavy atom. The van der Waals surface area contributed by atoms with Crippen LogP contribution in [0.3, 0.4) is 0 Å². The molecule has 4 aliphatic carbocycles. The van der Waals surface area contributed by atoms with Gasteiger partial charge in [0.1, 0.15) is 5.60 Å². The smallest absolute Gasteiger partial charge is 0.187 e. The normalized spacial score (nSPS) is 40.1. The quantitative estimate of drug-likeness (QED) is 0.284. The molecular weight excluding hydrogens is 498 g/mol. The van der Waals surface area contributed by atoms with Gasteiger partial charge in [0.2, 0.25) is 0 Å². The predicted molar refractivity (Wildman–Crippen MR) is 146 cm³/mol. The topological polar surface area (TPSA) is 145 Å². The number of aromatic nitrogens is 2. The summed E-state index contributed by atoms with van der Waals surface area (Å²) in [6, 6.07) is 3.87. The maximum absolute atomic E-state index is 13.5. The van der Waals surface area contributed by atoms with Gasteiger partial charge in [-0.2, -0.15) is 5.26 Å². The Balaban J connectivity index is 1.41. The van der Waals surface area contributed by atoms with Crippen LogP contribution in [0.15, 0.2) is 52.0 Å². The highest BCUT2D eigenvalue weighted by molar-refractivity contribution is 7.99. The number of thioether (sulfide) groups is 1. The number of hydrogen-bond donors (Lipinski definition) is 3. The molecule has 0 spiro atoms. The van der Waals surface area contributed by atoms with E-state index in [0.717, 1.165) is 30.5 Å². The first-order valence-electron chi connectivity index (χ1n) is 13.5. The number of aliphatic imine (C=N–C) groups is 1. The van der Waals surface area contributed by atoms with Crippen molar-refractivity contribution in [3.63, 3.8) is 0 Å². The number of fused-ring (bicyclic) bond motifs is 5. The SMILES string of the molecule is CC12CC(=CN)C(=NCCC#N)C=C1CCC1C2[C@@H](O)CC2(C)C1CC[C@]2(O)C(=O)CSc1ncccn1. The maximum Gasteiger partial charge on any atom is 0.187 e. The summed E-state index contributed by atoms with van der Waals surface area (Å²) in [5.41, 5.74) is 6.70. The molecule has 0 aromatic carbocycles. The van der Waals surface area contributed by atoms with Gasteiger partial charge in [0.25, 0.3) is 0 Å². The average Bonchev–Trinajstić information content (AvgIpc) is 3.18. The summed E-state index contributed by atoms with van der Waals surface area (Å²) in [5.74, 6) is 0.278. The van der Waals surface area contributed by atoms with Gasteiger partial charge < -0.3 is 15.9 Å². The molecule has 38 heavy (non-hydrogen) atoms. The molecule has 0 bridgehead atoms. The molecule has 8 nitrogen and oxygen atoms in total. The monoisotopic (exact) mass is 535 g/mol. The van der Waals surface area contributed by atoms with Gasteiger partial charge in [0.05, 0.1) is 36.6 Å². The Kier molecular flexibility index (Phi) is 7.27. The average molecular weight is 536 g/mol. The molecule has 3 saturated carbocycles. The van der Waals surface area contributed by atoms with E-state index in [9.17, 15) is 15.0 Å². The number of hydrogen-bond acceptors (Lipinski definition) is 9. The van der Waals surface area contributed by atoms with Crippen LogP contribution in [0.2, 0.25) is 0 Å². The number of rotatable bonds is 6. The molecule has 9 heteroatoms. The molecule has 0 aliphatic heterocycles. The van der Waals surface area contributed by atoms with E-state index in [1.807, 2.05) is 6.92 Å². The number of carbonyl (C=O) groups excluding carboxylic acids is 1. The van der Waals surface area contributed by atoms with Crippen LogP contribution >= 0.6 is 11.8 Å². The van der Waals surface area contributed by atoms with E-state index in [1.165, 1.54) is 17.3 Å². The molecule has 4 N–H and O–H groups in total. The minimum atomic E-state index is -1.47. The number of ketones is 1. The second kappa shape index (κ2) is 10.2. The first kappa shape index (κ1) is 27.0. The van der Waals surface area contributed by atoms with Crippen molar-refractivity contribution in [2.75, 3.05) is 12.3 Å². The van der Waals surface area contributed by atoms with Crippen LogP contribution in [0, 0.1) is 39.9 Å². The van der Waals surface area contributed by atoms with Gasteiger partial charge >= 0.3 is 0 Å². The molecule has 3 fully saturated rings. The maximum atomic E-state index is 13.5. The molecule has 0 amide bonds. The zero-order valence-electron chi connectivity index (χ0n) is 22.1. The van der Waals surface area contributed by atoms with Gasteiger partial charge in [-0.15, -0.1) is 0 Å². The van der Waals surface area contributed by atoms with Gasteiger partial charge in [-0.25, -0.2) is 9.97 Å². The number of carbonyl (C=O) groups is 1. The number of Topliss-reactive ketones (excluding diaryl/α,β-unsaturated/α-hetero) is 1. The highest BCUT2D eigenvalue weighted by Crippen LogP contribution is 2.68. The first-order valence-corrected chi connectivity index (χ1v) is 14.5. The fourth-order valence-electron chi connectivity index (χ4n) is 8.28. The van der Waals surface area contributed by atoms with Crippen molar-refractivity contribution in [1.29, 1.82) is 5.26 Å². The second-order valence-corrected chi connectivity index (χ2v) is 12.7. The molecule has 7 atom stereocenters. The standard InChI is InChI=1S/C29H37N5O3S/c1-27-14-18(16-31)22(32-10-3-9-30)13-19(27)5-6-20-21-7-8-29(37,28(21,2)15-23(35)25(20)27)24(36)17-38-26-33-11-4-12-34-26/h4,11-13,16,20-21,23,25,35,37H,3,5-8,10,14-15,17,31H2,1-2H3/t20?,21?,23-,25?,27?,28?,29-/m0/s1. The van der Waals surface area contributed by atoms with E-state index < -0.39 is 17.1 Å². The lowest BCUT2D eigenvalue weighted by Gasteiger charge is -2.60. The molecular formula is C29H37N5O3S. The molecule has 1 aromatic heterocycles. The fourth-order valence-corrected chi connectivity index (χ4v) is 9.05. The number of allylic oxidation sites excluding steroid dienone is 3. The zero-order chi connectivity index (χ0) is 27.1.